The Kier molecular flexibility index (Phi) is 2.69. The van der Waals surface area contributed by atoms with Crippen molar-refractivity contribution in [2.75, 3.05) is 24.6 Å². The zero-order valence-electron chi connectivity index (χ0n) is 12.7. The maximum absolute atomic E-state index is 6.29. The van der Waals surface area contributed by atoms with Crippen LogP contribution in [0.25, 0.3) is 11.2 Å². The second kappa shape index (κ2) is 4.76. The second-order valence-electron chi connectivity index (χ2n) is 6.22. The predicted octanol–water partition coefficient (Wildman–Crippen LogP) is 2.03. The van der Waals surface area contributed by atoms with Crippen LogP contribution in [-0.4, -0.2) is 39.6 Å². The van der Waals surface area contributed by atoms with Crippen LogP contribution in [0, 0.1) is 0 Å². The van der Waals surface area contributed by atoms with Crippen molar-refractivity contribution in [3.05, 3.63) is 48.0 Å². The monoisotopic (exact) mass is 307 g/mol. The van der Waals surface area contributed by atoms with Crippen LogP contribution in [0.3, 0.4) is 0 Å². The Morgan fingerprint density at radius 1 is 1.17 bits per heavy atom. The minimum atomic E-state index is -0.216. The highest BCUT2D eigenvalue weighted by Gasteiger charge is 2.43. The first-order valence-electron chi connectivity index (χ1n) is 7.97. The lowest BCUT2D eigenvalue weighted by molar-refractivity contribution is -0.0593. The first-order chi connectivity index (χ1) is 11.4. The first-order valence-corrected chi connectivity index (χ1v) is 7.97. The lowest BCUT2D eigenvalue weighted by Crippen LogP contribution is -2.49. The molecule has 116 valence electrons. The summed E-state index contributed by atoms with van der Waals surface area (Å²) in [6, 6.07) is 8.63. The van der Waals surface area contributed by atoms with Crippen molar-refractivity contribution in [3.63, 3.8) is 0 Å². The Bertz CT molecular complexity index is 872. The lowest BCUT2D eigenvalue weighted by Gasteiger charge is -2.41. The van der Waals surface area contributed by atoms with E-state index in [0.29, 0.717) is 12.3 Å². The average Bonchev–Trinajstić information content (AvgIpc) is 3.21. The van der Waals surface area contributed by atoms with Crippen LogP contribution in [0.15, 0.2) is 36.9 Å². The molecule has 1 unspecified atom stereocenters. The zero-order valence-corrected chi connectivity index (χ0v) is 12.7. The van der Waals surface area contributed by atoms with E-state index in [1.807, 2.05) is 0 Å². The molecule has 3 heterocycles. The van der Waals surface area contributed by atoms with Crippen LogP contribution in [-0.2, 0) is 16.8 Å². The van der Waals surface area contributed by atoms with Crippen LogP contribution in [0.5, 0.6) is 0 Å². The van der Waals surface area contributed by atoms with E-state index in [4.69, 9.17) is 4.74 Å². The maximum atomic E-state index is 6.29. The molecular weight excluding hydrogens is 290 g/mol. The molecule has 1 N–H and O–H groups in total. The number of morpholine rings is 1. The summed E-state index contributed by atoms with van der Waals surface area (Å²) in [6.45, 7) is 2.35. The number of imidazole rings is 1. The SMILES string of the molecule is c1ccc2c(c1)CCC21CN(c2ncnc3nc[nH]c23)CCO1. The number of benzene rings is 1. The smallest absolute Gasteiger partial charge is 0.182 e. The van der Waals surface area contributed by atoms with Gasteiger partial charge < -0.3 is 14.6 Å². The standard InChI is InChI=1S/C17H17N5O/c1-2-4-13-12(3-1)5-6-17(13)9-22(7-8-23-17)16-14-15(19-10-18-14)20-11-21-16/h1-4,10-11H,5-9H2,(H,18,19,20,21). The summed E-state index contributed by atoms with van der Waals surface area (Å²) >= 11 is 0. The van der Waals surface area contributed by atoms with Crippen LogP contribution in [0.4, 0.5) is 5.82 Å². The minimum Gasteiger partial charge on any atom is -0.367 e. The molecule has 1 fully saturated rings. The quantitative estimate of drug-likeness (QED) is 0.745. The third kappa shape index (κ3) is 1.88. The molecule has 0 radical (unpaired) electrons. The summed E-state index contributed by atoms with van der Waals surface area (Å²) in [7, 11) is 0. The van der Waals surface area contributed by atoms with E-state index in [-0.39, 0.29) is 5.60 Å². The largest absolute Gasteiger partial charge is 0.367 e. The molecule has 1 aliphatic heterocycles. The molecule has 0 saturated carbocycles. The summed E-state index contributed by atoms with van der Waals surface area (Å²) in [5.41, 5.74) is 4.13. The number of aromatic nitrogens is 4. The Labute approximate surface area is 133 Å². The topological polar surface area (TPSA) is 66.9 Å². The van der Waals surface area contributed by atoms with Gasteiger partial charge in [0.25, 0.3) is 0 Å². The normalized spacial score (nSPS) is 23.6. The number of hydrogen-bond donors (Lipinski definition) is 1. The van der Waals surface area contributed by atoms with Gasteiger partial charge in [0.2, 0.25) is 0 Å². The molecule has 6 heteroatoms. The molecule has 0 amide bonds. The van der Waals surface area contributed by atoms with Gasteiger partial charge in [-0.1, -0.05) is 24.3 Å². The number of H-pyrrole nitrogens is 1. The van der Waals surface area contributed by atoms with E-state index in [9.17, 15) is 0 Å². The molecular formula is C17H17N5O. The summed E-state index contributed by atoms with van der Waals surface area (Å²) in [6.07, 6.45) is 5.36. The molecule has 6 nitrogen and oxygen atoms in total. The third-order valence-electron chi connectivity index (χ3n) is 4.99. The van der Waals surface area contributed by atoms with E-state index in [2.05, 4.69) is 49.1 Å². The highest BCUT2D eigenvalue weighted by molar-refractivity contribution is 5.82. The van der Waals surface area contributed by atoms with E-state index < -0.39 is 0 Å². The molecule has 23 heavy (non-hydrogen) atoms. The highest BCUT2D eigenvalue weighted by atomic mass is 16.5. The van der Waals surface area contributed by atoms with Crippen molar-refractivity contribution >= 4 is 17.0 Å². The fraction of sp³-hybridized carbons (Fsp3) is 0.353. The Balaban J connectivity index is 1.56. The maximum Gasteiger partial charge on any atom is 0.182 e. The zero-order chi connectivity index (χ0) is 15.3. The first kappa shape index (κ1) is 13.0. The number of nitrogens with one attached hydrogen (secondary N) is 1. The number of hydrogen-bond acceptors (Lipinski definition) is 5. The van der Waals surface area contributed by atoms with Gasteiger partial charge in [0.05, 0.1) is 19.5 Å². The van der Waals surface area contributed by atoms with Gasteiger partial charge in [0, 0.05) is 6.54 Å². The number of ether oxygens (including phenoxy) is 1. The van der Waals surface area contributed by atoms with E-state index in [1.54, 1.807) is 12.7 Å². The van der Waals surface area contributed by atoms with E-state index in [1.165, 1.54) is 11.1 Å². The lowest BCUT2D eigenvalue weighted by atomic mass is 9.93. The number of nitrogens with zero attached hydrogens (tertiary/aromatic N) is 4. The van der Waals surface area contributed by atoms with Crippen LogP contribution < -0.4 is 4.90 Å². The number of fused-ring (bicyclic) bond motifs is 3. The molecule has 2 aliphatic rings. The summed E-state index contributed by atoms with van der Waals surface area (Å²) in [4.78, 5) is 18.4. The van der Waals surface area contributed by atoms with E-state index in [0.717, 1.165) is 37.3 Å². The average molecular weight is 307 g/mol. The fourth-order valence-electron chi connectivity index (χ4n) is 3.93. The Hall–Kier alpha value is -2.47. The van der Waals surface area contributed by atoms with Gasteiger partial charge in [-0.25, -0.2) is 15.0 Å². The summed E-state index contributed by atoms with van der Waals surface area (Å²) < 4.78 is 6.29. The molecule has 1 spiro atoms. The number of aromatic amines is 1. The summed E-state index contributed by atoms with van der Waals surface area (Å²) in [5, 5.41) is 0. The van der Waals surface area contributed by atoms with Gasteiger partial charge in [0.15, 0.2) is 11.5 Å². The number of anilines is 1. The molecule has 1 saturated heterocycles. The van der Waals surface area contributed by atoms with Crippen LogP contribution in [0.2, 0.25) is 0 Å². The summed E-state index contributed by atoms with van der Waals surface area (Å²) in [5.74, 6) is 0.916. The minimum absolute atomic E-state index is 0.216. The third-order valence-corrected chi connectivity index (χ3v) is 4.99. The van der Waals surface area contributed by atoms with Crippen molar-refractivity contribution in [2.24, 2.45) is 0 Å². The second-order valence-corrected chi connectivity index (χ2v) is 6.22. The van der Waals surface area contributed by atoms with Gasteiger partial charge in [-0.3, -0.25) is 0 Å². The van der Waals surface area contributed by atoms with Crippen LogP contribution in [0.1, 0.15) is 17.5 Å². The molecule has 3 aromatic rings. The van der Waals surface area contributed by atoms with Gasteiger partial charge in [0.1, 0.15) is 17.4 Å². The number of aryl methyl sites for hydroxylation is 1. The van der Waals surface area contributed by atoms with Crippen molar-refractivity contribution < 1.29 is 4.74 Å². The molecule has 5 rings (SSSR count). The molecule has 1 atom stereocenters. The van der Waals surface area contributed by atoms with Crippen molar-refractivity contribution in [1.29, 1.82) is 0 Å². The van der Waals surface area contributed by atoms with Crippen molar-refractivity contribution in [1.82, 2.24) is 19.9 Å². The van der Waals surface area contributed by atoms with Gasteiger partial charge >= 0.3 is 0 Å². The Morgan fingerprint density at radius 3 is 3.13 bits per heavy atom. The van der Waals surface area contributed by atoms with Gasteiger partial charge in [-0.05, 0) is 24.0 Å². The predicted molar refractivity (Wildman–Crippen MR) is 86.3 cm³/mol. The van der Waals surface area contributed by atoms with E-state index >= 15 is 0 Å². The van der Waals surface area contributed by atoms with Crippen molar-refractivity contribution in [2.45, 2.75) is 18.4 Å². The molecule has 0 bridgehead atoms. The van der Waals surface area contributed by atoms with Crippen molar-refractivity contribution in [3.8, 4) is 0 Å². The van der Waals surface area contributed by atoms with Crippen LogP contribution >= 0.6 is 0 Å². The van der Waals surface area contributed by atoms with Gasteiger partial charge in [-0.2, -0.15) is 0 Å². The Morgan fingerprint density at radius 2 is 2.13 bits per heavy atom. The number of rotatable bonds is 1. The highest BCUT2D eigenvalue weighted by Crippen LogP contribution is 2.43. The molecule has 1 aromatic carbocycles. The molecule has 1 aliphatic carbocycles. The van der Waals surface area contributed by atoms with Gasteiger partial charge in [-0.15, -0.1) is 0 Å². The molecule has 2 aromatic heterocycles. The fourth-order valence-corrected chi connectivity index (χ4v) is 3.93.